The van der Waals surface area contributed by atoms with Crippen LogP contribution in [0.25, 0.3) is 0 Å². The van der Waals surface area contributed by atoms with Gasteiger partial charge in [0, 0.05) is 10.6 Å². The first-order valence-corrected chi connectivity index (χ1v) is 9.51. The summed E-state index contributed by atoms with van der Waals surface area (Å²) < 4.78 is 26.8. The van der Waals surface area contributed by atoms with Gasteiger partial charge in [0.15, 0.2) is 0 Å². The Bertz CT molecular complexity index is 740. The number of sulfonamides is 1. The first kappa shape index (κ1) is 16.5. The molecule has 0 saturated carbocycles. The van der Waals surface area contributed by atoms with E-state index in [0.29, 0.717) is 23.0 Å². The summed E-state index contributed by atoms with van der Waals surface area (Å²) in [6.07, 6.45) is 0. The molecule has 1 aliphatic heterocycles. The molecule has 0 aromatic heterocycles. The van der Waals surface area contributed by atoms with Crippen LogP contribution in [0.2, 0.25) is 5.02 Å². The van der Waals surface area contributed by atoms with Crippen LogP contribution >= 0.6 is 11.6 Å². The van der Waals surface area contributed by atoms with Gasteiger partial charge < -0.3 is 4.90 Å². The van der Waals surface area contributed by atoms with Crippen molar-refractivity contribution < 1.29 is 13.3 Å². The molecule has 3 rings (SSSR count). The molecule has 0 amide bonds. The summed E-state index contributed by atoms with van der Waals surface area (Å²) >= 11 is 5.83. The molecular formula is C17H20ClN2O2S+. The molecule has 1 N–H and O–H groups in total. The summed E-state index contributed by atoms with van der Waals surface area (Å²) in [5.41, 5.74) is 1.29. The lowest BCUT2D eigenvalue weighted by molar-refractivity contribution is -0.917. The summed E-state index contributed by atoms with van der Waals surface area (Å²) in [5.74, 6) is 0. The Balaban J connectivity index is 1.63. The van der Waals surface area contributed by atoms with Gasteiger partial charge in [0.05, 0.1) is 31.1 Å². The highest BCUT2D eigenvalue weighted by atomic mass is 35.5. The molecule has 1 fully saturated rings. The average Bonchev–Trinajstić information content (AvgIpc) is 2.57. The molecule has 23 heavy (non-hydrogen) atoms. The van der Waals surface area contributed by atoms with E-state index in [1.807, 2.05) is 18.2 Å². The van der Waals surface area contributed by atoms with Crippen LogP contribution in [0.4, 0.5) is 0 Å². The standard InChI is InChI=1S/C17H19ClN2O2S/c18-16-6-8-17(9-7-16)23(21,22)20-12-10-19(11-13-20)14-15-4-2-1-3-5-15/h1-9H,10-14H2/p+1. The van der Waals surface area contributed by atoms with Crippen LogP contribution in [-0.2, 0) is 16.6 Å². The van der Waals surface area contributed by atoms with Gasteiger partial charge in [0.1, 0.15) is 6.54 Å². The summed E-state index contributed by atoms with van der Waals surface area (Å²) in [7, 11) is -3.41. The van der Waals surface area contributed by atoms with Gasteiger partial charge in [-0.05, 0) is 24.3 Å². The fraction of sp³-hybridized carbons (Fsp3) is 0.294. The van der Waals surface area contributed by atoms with E-state index >= 15 is 0 Å². The highest BCUT2D eigenvalue weighted by Crippen LogP contribution is 2.18. The second kappa shape index (κ2) is 7.01. The van der Waals surface area contributed by atoms with Crippen molar-refractivity contribution in [3.05, 3.63) is 65.2 Å². The van der Waals surface area contributed by atoms with E-state index < -0.39 is 10.0 Å². The summed E-state index contributed by atoms with van der Waals surface area (Å²) in [4.78, 5) is 1.73. The fourth-order valence-corrected chi connectivity index (χ4v) is 4.43. The van der Waals surface area contributed by atoms with Crippen LogP contribution in [0.1, 0.15) is 5.56 Å². The number of hydrogen-bond donors (Lipinski definition) is 1. The van der Waals surface area contributed by atoms with Crippen molar-refractivity contribution in [2.75, 3.05) is 26.2 Å². The molecular weight excluding hydrogens is 332 g/mol. The monoisotopic (exact) mass is 351 g/mol. The second-order valence-corrected chi connectivity index (χ2v) is 8.14. The third-order valence-corrected chi connectivity index (χ3v) is 6.34. The van der Waals surface area contributed by atoms with E-state index in [1.54, 1.807) is 28.6 Å². The third-order valence-electron chi connectivity index (χ3n) is 4.18. The third kappa shape index (κ3) is 3.93. The minimum Gasteiger partial charge on any atom is -0.329 e. The maximum Gasteiger partial charge on any atom is 0.243 e. The molecule has 2 aromatic carbocycles. The number of hydrogen-bond acceptors (Lipinski definition) is 2. The molecule has 2 aromatic rings. The van der Waals surface area contributed by atoms with E-state index in [0.717, 1.165) is 19.6 Å². The van der Waals surface area contributed by atoms with Crippen LogP contribution < -0.4 is 4.90 Å². The first-order chi connectivity index (χ1) is 11.1. The predicted octanol–water partition coefficient (Wildman–Crippen LogP) is 1.43. The van der Waals surface area contributed by atoms with Gasteiger partial charge in [-0.3, -0.25) is 0 Å². The van der Waals surface area contributed by atoms with Crippen LogP contribution in [0, 0.1) is 0 Å². The van der Waals surface area contributed by atoms with Crippen LogP contribution in [-0.4, -0.2) is 38.9 Å². The number of nitrogens with zero attached hydrogens (tertiary/aromatic N) is 1. The van der Waals surface area contributed by atoms with Crippen LogP contribution in [0.3, 0.4) is 0 Å². The molecule has 0 unspecified atom stereocenters. The van der Waals surface area contributed by atoms with Crippen molar-refractivity contribution in [2.45, 2.75) is 11.4 Å². The molecule has 6 heteroatoms. The van der Waals surface area contributed by atoms with Gasteiger partial charge in [-0.25, -0.2) is 8.42 Å². The predicted molar refractivity (Wildman–Crippen MR) is 91.1 cm³/mol. The van der Waals surface area contributed by atoms with E-state index in [1.165, 1.54) is 10.5 Å². The quantitative estimate of drug-likeness (QED) is 0.905. The Morgan fingerprint density at radius 1 is 0.957 bits per heavy atom. The van der Waals surface area contributed by atoms with Gasteiger partial charge >= 0.3 is 0 Å². The number of nitrogens with one attached hydrogen (secondary N) is 1. The molecule has 4 nitrogen and oxygen atoms in total. The lowest BCUT2D eigenvalue weighted by atomic mass is 10.2. The second-order valence-electron chi connectivity index (χ2n) is 5.77. The van der Waals surface area contributed by atoms with Crippen LogP contribution in [0.5, 0.6) is 0 Å². The van der Waals surface area contributed by atoms with Gasteiger partial charge in [0.2, 0.25) is 10.0 Å². The van der Waals surface area contributed by atoms with E-state index in [9.17, 15) is 8.42 Å². The fourth-order valence-electron chi connectivity index (χ4n) is 2.86. The minimum atomic E-state index is -3.41. The van der Waals surface area contributed by atoms with E-state index in [2.05, 4.69) is 12.1 Å². The Hall–Kier alpha value is -1.40. The smallest absolute Gasteiger partial charge is 0.243 e. The van der Waals surface area contributed by atoms with Gasteiger partial charge in [-0.2, -0.15) is 4.31 Å². The molecule has 1 saturated heterocycles. The molecule has 0 atom stereocenters. The average molecular weight is 352 g/mol. The lowest BCUT2D eigenvalue weighted by Gasteiger charge is -2.31. The Morgan fingerprint density at radius 2 is 1.57 bits per heavy atom. The van der Waals surface area contributed by atoms with Crippen molar-refractivity contribution in [1.29, 1.82) is 0 Å². The minimum absolute atomic E-state index is 0.313. The number of rotatable bonds is 4. The first-order valence-electron chi connectivity index (χ1n) is 7.69. The largest absolute Gasteiger partial charge is 0.329 e. The number of benzene rings is 2. The zero-order valence-corrected chi connectivity index (χ0v) is 14.4. The van der Waals surface area contributed by atoms with Gasteiger partial charge in [0.25, 0.3) is 0 Å². The van der Waals surface area contributed by atoms with Crippen LogP contribution in [0.15, 0.2) is 59.5 Å². The van der Waals surface area contributed by atoms with Crippen molar-refractivity contribution in [3.8, 4) is 0 Å². The van der Waals surface area contributed by atoms with Crippen molar-refractivity contribution >= 4 is 21.6 Å². The van der Waals surface area contributed by atoms with Crippen molar-refractivity contribution in [1.82, 2.24) is 4.31 Å². The molecule has 1 heterocycles. The van der Waals surface area contributed by atoms with E-state index in [4.69, 9.17) is 11.6 Å². The highest BCUT2D eigenvalue weighted by Gasteiger charge is 2.30. The van der Waals surface area contributed by atoms with E-state index in [-0.39, 0.29) is 0 Å². The SMILES string of the molecule is O=S(=O)(c1ccc(Cl)cc1)N1CC[NH+](Cc2ccccc2)CC1. The summed E-state index contributed by atoms with van der Waals surface area (Å²) in [5, 5.41) is 0.543. The normalized spacial score (nSPS) is 17.3. The molecule has 122 valence electrons. The number of halogens is 1. The molecule has 0 bridgehead atoms. The van der Waals surface area contributed by atoms with Gasteiger partial charge in [-0.15, -0.1) is 0 Å². The molecule has 1 aliphatic rings. The Morgan fingerprint density at radius 3 is 2.17 bits per heavy atom. The maximum absolute atomic E-state index is 12.6. The van der Waals surface area contributed by atoms with Gasteiger partial charge in [-0.1, -0.05) is 41.9 Å². The Labute approximate surface area is 142 Å². The van der Waals surface area contributed by atoms with Crippen molar-refractivity contribution in [3.63, 3.8) is 0 Å². The molecule has 0 aliphatic carbocycles. The summed E-state index contributed by atoms with van der Waals surface area (Å²) in [6, 6.07) is 16.7. The zero-order chi connectivity index (χ0) is 16.3. The number of quaternary nitrogens is 1. The zero-order valence-electron chi connectivity index (χ0n) is 12.8. The highest BCUT2D eigenvalue weighted by molar-refractivity contribution is 7.89. The summed E-state index contributed by atoms with van der Waals surface area (Å²) in [6.45, 7) is 3.68. The van der Waals surface area contributed by atoms with Crippen molar-refractivity contribution in [2.24, 2.45) is 0 Å². The molecule has 0 radical (unpaired) electrons. The topological polar surface area (TPSA) is 41.8 Å². The lowest BCUT2D eigenvalue weighted by Crippen LogP contribution is -3.13. The molecule has 0 spiro atoms. The number of piperazine rings is 1. The Kier molecular flexibility index (Phi) is 5.02. The maximum atomic E-state index is 12.6.